The Kier molecular flexibility index (Phi) is 4.77. The number of hydrogen-bond donors (Lipinski definition) is 3. The normalized spacial score (nSPS) is 12.3. The van der Waals surface area contributed by atoms with E-state index >= 15 is 0 Å². The van der Waals surface area contributed by atoms with E-state index in [0.29, 0.717) is 6.54 Å². The first kappa shape index (κ1) is 16.5. The second-order valence-electron chi connectivity index (χ2n) is 5.46. The third kappa shape index (κ3) is 3.94. The van der Waals surface area contributed by atoms with Gasteiger partial charge >= 0.3 is 0 Å². The molecule has 0 bridgehead atoms. The van der Waals surface area contributed by atoms with Gasteiger partial charge in [-0.05, 0) is 30.0 Å². The minimum atomic E-state index is -3.70. The van der Waals surface area contributed by atoms with E-state index in [0.717, 1.165) is 6.42 Å². The topological polar surface area (TPSA) is 115 Å². The fourth-order valence-electron chi connectivity index (χ4n) is 1.44. The summed E-state index contributed by atoms with van der Waals surface area (Å²) in [6, 6.07) is 3.90. The lowest BCUT2D eigenvalue weighted by atomic mass is 9.91. The number of carbonyl (C=O) groups excluding carboxylic acids is 1. The highest BCUT2D eigenvalue weighted by molar-refractivity contribution is 7.89. The van der Waals surface area contributed by atoms with Crippen LogP contribution >= 0.6 is 0 Å². The van der Waals surface area contributed by atoms with Crippen LogP contribution in [0.25, 0.3) is 0 Å². The number of benzene rings is 1. The zero-order valence-corrected chi connectivity index (χ0v) is 12.8. The SMILES string of the molecule is CCC(C)(C)CNS(=O)(=O)c1ccc(C(N)=O)cc1N. The van der Waals surface area contributed by atoms with Crippen molar-refractivity contribution in [1.29, 1.82) is 0 Å². The van der Waals surface area contributed by atoms with E-state index in [2.05, 4.69) is 4.72 Å². The van der Waals surface area contributed by atoms with Gasteiger partial charge < -0.3 is 11.5 Å². The highest BCUT2D eigenvalue weighted by atomic mass is 32.2. The lowest BCUT2D eigenvalue weighted by molar-refractivity contribution is 0.1000. The van der Waals surface area contributed by atoms with Crippen LogP contribution in [0.3, 0.4) is 0 Å². The Labute approximate surface area is 119 Å². The van der Waals surface area contributed by atoms with Gasteiger partial charge in [-0.15, -0.1) is 0 Å². The molecule has 0 heterocycles. The van der Waals surface area contributed by atoms with E-state index in [9.17, 15) is 13.2 Å². The van der Waals surface area contributed by atoms with Gasteiger partial charge in [0.2, 0.25) is 15.9 Å². The zero-order chi connectivity index (χ0) is 15.6. The van der Waals surface area contributed by atoms with Crippen LogP contribution in [0.5, 0.6) is 0 Å². The van der Waals surface area contributed by atoms with Crippen LogP contribution in [0.15, 0.2) is 23.1 Å². The Morgan fingerprint density at radius 2 is 1.95 bits per heavy atom. The molecule has 1 rings (SSSR count). The number of primary amides is 1. The number of anilines is 1. The number of nitrogens with two attached hydrogens (primary N) is 2. The van der Waals surface area contributed by atoms with Crippen LogP contribution in [0.4, 0.5) is 5.69 Å². The van der Waals surface area contributed by atoms with Crippen molar-refractivity contribution in [3.63, 3.8) is 0 Å². The molecule has 6 nitrogen and oxygen atoms in total. The number of rotatable bonds is 6. The minimum Gasteiger partial charge on any atom is -0.398 e. The third-order valence-electron chi connectivity index (χ3n) is 3.28. The number of nitrogens with one attached hydrogen (secondary N) is 1. The molecule has 0 aromatic heterocycles. The quantitative estimate of drug-likeness (QED) is 0.682. The van der Waals surface area contributed by atoms with Crippen molar-refractivity contribution in [2.45, 2.75) is 32.1 Å². The summed E-state index contributed by atoms with van der Waals surface area (Å²) >= 11 is 0. The number of nitrogen functional groups attached to an aromatic ring is 1. The van der Waals surface area contributed by atoms with E-state index in [1.165, 1.54) is 18.2 Å². The number of amides is 1. The maximum absolute atomic E-state index is 12.2. The van der Waals surface area contributed by atoms with Crippen LogP contribution in [0.1, 0.15) is 37.6 Å². The molecule has 1 aromatic carbocycles. The predicted octanol–water partition coefficient (Wildman–Crippen LogP) is 1.08. The highest BCUT2D eigenvalue weighted by Gasteiger charge is 2.22. The van der Waals surface area contributed by atoms with Crippen molar-refractivity contribution in [3.8, 4) is 0 Å². The van der Waals surface area contributed by atoms with Crippen molar-refractivity contribution in [3.05, 3.63) is 23.8 Å². The molecule has 0 fully saturated rings. The third-order valence-corrected chi connectivity index (χ3v) is 4.76. The van der Waals surface area contributed by atoms with E-state index in [-0.39, 0.29) is 21.6 Å². The van der Waals surface area contributed by atoms with Gasteiger partial charge in [-0.2, -0.15) is 0 Å². The number of hydrogen-bond acceptors (Lipinski definition) is 4. The molecule has 0 spiro atoms. The standard InChI is InChI=1S/C13H21N3O3S/c1-4-13(2,3)8-16-20(18,19)11-6-5-9(12(15)17)7-10(11)14/h5-7,16H,4,8,14H2,1-3H3,(H2,15,17). The average molecular weight is 299 g/mol. The first-order valence-electron chi connectivity index (χ1n) is 6.28. The Morgan fingerprint density at radius 1 is 1.35 bits per heavy atom. The second kappa shape index (κ2) is 5.80. The summed E-state index contributed by atoms with van der Waals surface area (Å²) in [5.41, 5.74) is 10.8. The predicted molar refractivity (Wildman–Crippen MR) is 78.6 cm³/mol. The summed E-state index contributed by atoms with van der Waals surface area (Å²) in [5.74, 6) is -0.652. The van der Waals surface area contributed by atoms with Gasteiger partial charge in [-0.25, -0.2) is 13.1 Å². The van der Waals surface area contributed by atoms with Gasteiger partial charge in [0.15, 0.2) is 0 Å². The van der Waals surface area contributed by atoms with Crippen molar-refractivity contribution in [1.82, 2.24) is 4.72 Å². The maximum atomic E-state index is 12.2. The molecule has 0 aliphatic rings. The summed E-state index contributed by atoms with van der Waals surface area (Å²) in [6.45, 7) is 6.23. The molecule has 0 saturated carbocycles. The van der Waals surface area contributed by atoms with Crippen LogP contribution in [-0.4, -0.2) is 20.9 Å². The van der Waals surface area contributed by atoms with E-state index in [1.54, 1.807) is 0 Å². The first-order valence-corrected chi connectivity index (χ1v) is 7.76. The summed E-state index contributed by atoms with van der Waals surface area (Å²) in [4.78, 5) is 11.0. The fourth-order valence-corrected chi connectivity index (χ4v) is 2.79. The molecule has 1 aromatic rings. The average Bonchev–Trinajstić information content (AvgIpc) is 2.36. The Morgan fingerprint density at radius 3 is 2.40 bits per heavy atom. The van der Waals surface area contributed by atoms with Gasteiger partial charge in [0, 0.05) is 12.1 Å². The van der Waals surface area contributed by atoms with Gasteiger partial charge in [0.25, 0.3) is 0 Å². The maximum Gasteiger partial charge on any atom is 0.248 e. The molecule has 20 heavy (non-hydrogen) atoms. The minimum absolute atomic E-state index is 0.00287. The van der Waals surface area contributed by atoms with Gasteiger partial charge in [0.05, 0.1) is 5.69 Å². The fraction of sp³-hybridized carbons (Fsp3) is 0.462. The summed E-state index contributed by atoms with van der Waals surface area (Å²) in [7, 11) is -3.70. The smallest absolute Gasteiger partial charge is 0.248 e. The molecule has 0 atom stereocenters. The van der Waals surface area contributed by atoms with Crippen molar-refractivity contribution in [2.24, 2.45) is 11.1 Å². The zero-order valence-electron chi connectivity index (χ0n) is 11.9. The molecule has 7 heteroatoms. The van der Waals surface area contributed by atoms with Crippen LogP contribution in [0, 0.1) is 5.41 Å². The number of carbonyl (C=O) groups is 1. The van der Waals surface area contributed by atoms with E-state index < -0.39 is 15.9 Å². The van der Waals surface area contributed by atoms with Gasteiger partial charge in [-0.3, -0.25) is 4.79 Å². The number of sulfonamides is 1. The van der Waals surface area contributed by atoms with Crippen LogP contribution < -0.4 is 16.2 Å². The van der Waals surface area contributed by atoms with Gasteiger partial charge in [0.1, 0.15) is 4.90 Å². The lowest BCUT2D eigenvalue weighted by Gasteiger charge is -2.23. The highest BCUT2D eigenvalue weighted by Crippen LogP contribution is 2.22. The van der Waals surface area contributed by atoms with E-state index in [1.807, 2.05) is 20.8 Å². The summed E-state index contributed by atoms with van der Waals surface area (Å²) < 4.78 is 26.9. The molecule has 0 saturated heterocycles. The summed E-state index contributed by atoms with van der Waals surface area (Å²) in [5, 5.41) is 0. The molecule has 0 aliphatic carbocycles. The Hall–Kier alpha value is -1.60. The van der Waals surface area contributed by atoms with Crippen LogP contribution in [0.2, 0.25) is 0 Å². The lowest BCUT2D eigenvalue weighted by Crippen LogP contribution is -2.34. The van der Waals surface area contributed by atoms with Crippen molar-refractivity contribution >= 4 is 21.6 Å². The Bertz CT molecular complexity index is 609. The molecule has 0 unspecified atom stereocenters. The van der Waals surface area contributed by atoms with Crippen LogP contribution in [-0.2, 0) is 10.0 Å². The molecule has 112 valence electrons. The Balaban J connectivity index is 3.02. The molecule has 1 amide bonds. The van der Waals surface area contributed by atoms with Crippen molar-refractivity contribution < 1.29 is 13.2 Å². The summed E-state index contributed by atoms with van der Waals surface area (Å²) in [6.07, 6.45) is 0.839. The molecule has 0 radical (unpaired) electrons. The molecule has 0 aliphatic heterocycles. The monoisotopic (exact) mass is 299 g/mol. The van der Waals surface area contributed by atoms with Gasteiger partial charge in [-0.1, -0.05) is 20.8 Å². The largest absolute Gasteiger partial charge is 0.398 e. The molecular weight excluding hydrogens is 278 g/mol. The second-order valence-corrected chi connectivity index (χ2v) is 7.19. The molecular formula is C13H21N3O3S. The van der Waals surface area contributed by atoms with E-state index in [4.69, 9.17) is 11.5 Å². The first-order chi connectivity index (χ1) is 9.09. The molecule has 5 N–H and O–H groups in total. The van der Waals surface area contributed by atoms with Crippen molar-refractivity contribution in [2.75, 3.05) is 12.3 Å².